The molecule has 0 spiro atoms. The Kier molecular flexibility index (Phi) is 4.72. The lowest BCUT2D eigenvalue weighted by Gasteiger charge is -2.33. The van der Waals surface area contributed by atoms with Gasteiger partial charge in [-0.25, -0.2) is 0 Å². The van der Waals surface area contributed by atoms with E-state index in [9.17, 15) is 14.4 Å². The van der Waals surface area contributed by atoms with Crippen LogP contribution in [0.3, 0.4) is 0 Å². The van der Waals surface area contributed by atoms with E-state index in [1.54, 1.807) is 0 Å². The number of nitrogens with one attached hydrogen (secondary N) is 2. The summed E-state index contributed by atoms with van der Waals surface area (Å²) in [5, 5.41) is 2.84. The van der Waals surface area contributed by atoms with E-state index in [0.29, 0.717) is 24.1 Å². The Hall–Kier alpha value is -1.95. The van der Waals surface area contributed by atoms with Crippen LogP contribution < -0.4 is 16.6 Å². The second kappa shape index (κ2) is 6.16. The Balaban J connectivity index is 2.40. The van der Waals surface area contributed by atoms with Crippen LogP contribution in [0.5, 0.6) is 0 Å². The lowest BCUT2D eigenvalue weighted by Crippen LogP contribution is -2.55. The van der Waals surface area contributed by atoms with Crippen molar-refractivity contribution in [3.8, 4) is 0 Å². The van der Waals surface area contributed by atoms with Gasteiger partial charge in [0, 0.05) is 24.2 Å². The third-order valence-electron chi connectivity index (χ3n) is 5.06. The maximum Gasteiger partial charge on any atom is 0.261 e. The predicted octanol–water partition coefficient (Wildman–Crippen LogP) is 1.63. The molecule has 0 aliphatic heterocycles. The van der Waals surface area contributed by atoms with E-state index in [2.05, 4.69) is 10.3 Å². The molecule has 0 bridgehead atoms. The number of Topliss-reactive ketones (excluding diaryl/α,β-unsaturated/α-hetero) is 1. The Morgan fingerprint density at radius 3 is 2.54 bits per heavy atom. The maximum absolute atomic E-state index is 12.6. The minimum atomic E-state index is -0.620. The number of nitrogens with two attached hydrogens (primary N) is 1. The summed E-state index contributed by atoms with van der Waals surface area (Å²) in [4.78, 5) is 40.0. The van der Waals surface area contributed by atoms with Crippen molar-refractivity contribution in [3.05, 3.63) is 33.2 Å². The molecule has 1 atom stereocenters. The second-order valence-corrected chi connectivity index (χ2v) is 8.08. The fourth-order valence-corrected chi connectivity index (χ4v) is 2.95. The first-order valence-corrected chi connectivity index (χ1v) is 8.31. The van der Waals surface area contributed by atoms with Crippen molar-refractivity contribution >= 4 is 11.7 Å². The van der Waals surface area contributed by atoms with E-state index in [-0.39, 0.29) is 29.2 Å². The van der Waals surface area contributed by atoms with Crippen LogP contribution in [-0.2, 0) is 6.42 Å². The third kappa shape index (κ3) is 3.43. The molecule has 4 N–H and O–H groups in total. The molecule has 1 aromatic rings. The van der Waals surface area contributed by atoms with Gasteiger partial charge in [-0.3, -0.25) is 14.4 Å². The van der Waals surface area contributed by atoms with Gasteiger partial charge in [0.25, 0.3) is 11.5 Å². The highest BCUT2D eigenvalue weighted by atomic mass is 16.2. The van der Waals surface area contributed by atoms with Crippen LogP contribution in [-0.4, -0.2) is 28.8 Å². The van der Waals surface area contributed by atoms with Crippen molar-refractivity contribution in [1.29, 1.82) is 0 Å². The number of aromatic nitrogens is 1. The fraction of sp³-hybridized carbons (Fsp3) is 0.611. The number of carbonyl (C=O) groups excluding carboxylic acids is 2. The van der Waals surface area contributed by atoms with Gasteiger partial charge in [0.05, 0.1) is 5.54 Å². The lowest BCUT2D eigenvalue weighted by molar-refractivity contribution is 0.0881. The van der Waals surface area contributed by atoms with Crippen molar-refractivity contribution in [2.45, 2.75) is 53.0 Å². The molecule has 6 nitrogen and oxygen atoms in total. The number of hydrogen-bond donors (Lipinski definition) is 3. The second-order valence-electron chi connectivity index (χ2n) is 8.08. The van der Waals surface area contributed by atoms with Crippen molar-refractivity contribution in [2.75, 3.05) is 6.54 Å². The van der Waals surface area contributed by atoms with Crippen LogP contribution in [0.2, 0.25) is 0 Å². The summed E-state index contributed by atoms with van der Waals surface area (Å²) < 4.78 is 0. The third-order valence-corrected chi connectivity index (χ3v) is 5.06. The summed E-state index contributed by atoms with van der Waals surface area (Å²) in [5.41, 5.74) is 5.52. The Morgan fingerprint density at radius 1 is 1.38 bits per heavy atom. The number of amides is 1. The topological polar surface area (TPSA) is 105 Å². The fourth-order valence-electron chi connectivity index (χ4n) is 2.95. The van der Waals surface area contributed by atoms with Crippen LogP contribution in [0, 0.1) is 11.3 Å². The van der Waals surface area contributed by atoms with Crippen molar-refractivity contribution in [1.82, 2.24) is 10.3 Å². The summed E-state index contributed by atoms with van der Waals surface area (Å²) in [6.07, 6.45) is 1.01. The van der Waals surface area contributed by atoms with Gasteiger partial charge in [-0.05, 0) is 30.7 Å². The number of H-pyrrole nitrogens is 1. The SMILES string of the molecule is CC(C)C(C)(CN)NC(=O)c1cc2c([nH]c1=O)CC(C)(C)CC2=O. The molecular formula is C18H27N3O3. The average Bonchev–Trinajstić information content (AvgIpc) is 2.44. The highest BCUT2D eigenvalue weighted by Gasteiger charge is 2.34. The van der Waals surface area contributed by atoms with Gasteiger partial charge in [0.1, 0.15) is 5.56 Å². The van der Waals surface area contributed by atoms with Crippen LogP contribution in [0.1, 0.15) is 67.4 Å². The largest absolute Gasteiger partial charge is 0.345 e. The maximum atomic E-state index is 12.6. The van der Waals surface area contributed by atoms with Crippen LogP contribution in [0.4, 0.5) is 0 Å². The molecule has 0 saturated carbocycles. The molecule has 1 aliphatic carbocycles. The van der Waals surface area contributed by atoms with Gasteiger partial charge in [-0.15, -0.1) is 0 Å². The molecule has 1 heterocycles. The molecule has 1 unspecified atom stereocenters. The highest BCUT2D eigenvalue weighted by Crippen LogP contribution is 2.33. The molecule has 6 heteroatoms. The minimum absolute atomic E-state index is 0.0397. The van der Waals surface area contributed by atoms with Crippen molar-refractivity contribution < 1.29 is 9.59 Å². The molecule has 0 fully saturated rings. The zero-order valence-corrected chi connectivity index (χ0v) is 15.1. The monoisotopic (exact) mass is 333 g/mol. The lowest BCUT2D eigenvalue weighted by atomic mass is 9.75. The highest BCUT2D eigenvalue weighted by molar-refractivity contribution is 6.02. The number of carbonyl (C=O) groups is 2. The van der Waals surface area contributed by atoms with Gasteiger partial charge >= 0.3 is 0 Å². The van der Waals surface area contributed by atoms with Crippen LogP contribution >= 0.6 is 0 Å². The number of fused-ring (bicyclic) bond motifs is 1. The number of ketones is 1. The first-order chi connectivity index (χ1) is 11.0. The first kappa shape index (κ1) is 18.4. The Morgan fingerprint density at radius 2 is 2.00 bits per heavy atom. The molecule has 132 valence electrons. The number of hydrogen-bond acceptors (Lipinski definition) is 4. The molecule has 2 rings (SSSR count). The minimum Gasteiger partial charge on any atom is -0.345 e. The summed E-state index contributed by atoms with van der Waals surface area (Å²) in [7, 11) is 0. The molecule has 24 heavy (non-hydrogen) atoms. The van der Waals surface area contributed by atoms with Crippen LogP contribution in [0.25, 0.3) is 0 Å². The van der Waals surface area contributed by atoms with Crippen molar-refractivity contribution in [2.24, 2.45) is 17.1 Å². The Labute approximate surface area is 142 Å². The van der Waals surface area contributed by atoms with Crippen molar-refractivity contribution in [3.63, 3.8) is 0 Å². The summed E-state index contributed by atoms with van der Waals surface area (Å²) in [6.45, 7) is 9.98. The molecule has 1 aromatic heterocycles. The molecule has 1 aliphatic rings. The molecule has 1 amide bonds. The normalized spacial score (nSPS) is 18.9. The zero-order valence-electron chi connectivity index (χ0n) is 15.1. The average molecular weight is 333 g/mol. The first-order valence-electron chi connectivity index (χ1n) is 8.31. The van der Waals surface area contributed by atoms with E-state index >= 15 is 0 Å². The summed E-state index contributed by atoms with van der Waals surface area (Å²) in [6, 6.07) is 1.43. The van der Waals surface area contributed by atoms with Gasteiger partial charge in [-0.1, -0.05) is 27.7 Å². The molecule has 0 aromatic carbocycles. The number of aromatic amines is 1. The van der Waals surface area contributed by atoms with E-state index < -0.39 is 17.0 Å². The quantitative estimate of drug-likeness (QED) is 0.779. The molecular weight excluding hydrogens is 306 g/mol. The molecule has 0 saturated heterocycles. The Bertz CT molecular complexity index is 734. The van der Waals surface area contributed by atoms with Gasteiger partial charge in [0.15, 0.2) is 5.78 Å². The van der Waals surface area contributed by atoms with E-state index in [1.807, 2.05) is 34.6 Å². The van der Waals surface area contributed by atoms with E-state index in [0.717, 1.165) is 0 Å². The smallest absolute Gasteiger partial charge is 0.261 e. The molecule has 0 radical (unpaired) electrons. The predicted molar refractivity (Wildman–Crippen MR) is 93.3 cm³/mol. The van der Waals surface area contributed by atoms with E-state index in [4.69, 9.17) is 5.73 Å². The number of rotatable bonds is 4. The standard InChI is InChI=1S/C18H27N3O3/c1-10(2)18(5,9-19)21-16(24)12-6-11-13(20-15(12)23)7-17(3,4)8-14(11)22/h6,10H,7-9,19H2,1-5H3,(H,20,23)(H,21,24). The van der Waals surface area contributed by atoms with Gasteiger partial charge < -0.3 is 16.0 Å². The zero-order chi connectivity index (χ0) is 18.3. The number of pyridine rings is 1. The van der Waals surface area contributed by atoms with E-state index in [1.165, 1.54) is 6.07 Å². The van der Waals surface area contributed by atoms with Gasteiger partial charge in [-0.2, -0.15) is 0 Å². The van der Waals surface area contributed by atoms with Gasteiger partial charge in [0.2, 0.25) is 0 Å². The van der Waals surface area contributed by atoms with Crippen LogP contribution in [0.15, 0.2) is 10.9 Å². The summed E-state index contributed by atoms with van der Waals surface area (Å²) in [5.74, 6) is -0.444. The summed E-state index contributed by atoms with van der Waals surface area (Å²) >= 11 is 0.